The number of nitrogens with one attached hydrogen (secondary N) is 2. The number of aromatic amines is 1. The summed E-state index contributed by atoms with van der Waals surface area (Å²) >= 11 is 0. The molecule has 0 saturated carbocycles. The quantitative estimate of drug-likeness (QED) is 0.710. The van der Waals surface area contributed by atoms with Crippen LogP contribution in [0.2, 0.25) is 0 Å². The molecular formula is C21H24N2O3. The second-order valence-corrected chi connectivity index (χ2v) is 6.37. The summed E-state index contributed by atoms with van der Waals surface area (Å²) in [4.78, 5) is 15.8. The fourth-order valence-corrected chi connectivity index (χ4v) is 3.12. The third-order valence-electron chi connectivity index (χ3n) is 4.59. The van der Waals surface area contributed by atoms with Crippen molar-refractivity contribution in [2.45, 2.75) is 20.3 Å². The molecule has 5 nitrogen and oxygen atoms in total. The van der Waals surface area contributed by atoms with E-state index in [0.29, 0.717) is 30.2 Å². The first-order valence-corrected chi connectivity index (χ1v) is 8.61. The first kappa shape index (κ1) is 17.9. The van der Waals surface area contributed by atoms with Crippen LogP contribution in [0.25, 0.3) is 10.9 Å². The molecule has 0 radical (unpaired) electrons. The van der Waals surface area contributed by atoms with Crippen molar-refractivity contribution < 1.29 is 14.3 Å². The molecule has 5 heteroatoms. The van der Waals surface area contributed by atoms with Gasteiger partial charge in [0.25, 0.3) is 5.91 Å². The van der Waals surface area contributed by atoms with E-state index in [0.717, 1.165) is 22.0 Å². The molecule has 0 aliphatic heterocycles. The number of aryl methyl sites for hydroxylation is 2. The van der Waals surface area contributed by atoms with Crippen LogP contribution in [0.4, 0.5) is 0 Å². The summed E-state index contributed by atoms with van der Waals surface area (Å²) < 4.78 is 10.6. The molecule has 26 heavy (non-hydrogen) atoms. The van der Waals surface area contributed by atoms with E-state index in [1.54, 1.807) is 14.2 Å². The largest absolute Gasteiger partial charge is 0.493 e. The summed E-state index contributed by atoms with van der Waals surface area (Å²) in [5, 5.41) is 4.07. The van der Waals surface area contributed by atoms with Crippen LogP contribution in [0.1, 0.15) is 27.2 Å². The number of amides is 1. The Labute approximate surface area is 153 Å². The number of hydrogen-bond acceptors (Lipinski definition) is 3. The second-order valence-electron chi connectivity index (χ2n) is 6.37. The Morgan fingerprint density at radius 1 is 1.04 bits per heavy atom. The highest BCUT2D eigenvalue weighted by Crippen LogP contribution is 2.27. The lowest BCUT2D eigenvalue weighted by molar-refractivity contribution is 0.0949. The molecule has 3 aromatic rings. The van der Waals surface area contributed by atoms with Gasteiger partial charge in [0.1, 0.15) is 5.69 Å². The highest BCUT2D eigenvalue weighted by atomic mass is 16.5. The predicted molar refractivity (Wildman–Crippen MR) is 103 cm³/mol. The minimum atomic E-state index is -0.0863. The number of carbonyl (C=O) groups excluding carboxylic acids is 1. The van der Waals surface area contributed by atoms with E-state index in [1.807, 2.05) is 32.0 Å². The molecule has 2 aromatic carbocycles. The zero-order valence-corrected chi connectivity index (χ0v) is 15.6. The van der Waals surface area contributed by atoms with Gasteiger partial charge in [-0.15, -0.1) is 0 Å². The average Bonchev–Trinajstić information content (AvgIpc) is 2.97. The van der Waals surface area contributed by atoms with Crippen molar-refractivity contribution >= 4 is 16.8 Å². The van der Waals surface area contributed by atoms with E-state index in [9.17, 15) is 4.79 Å². The average molecular weight is 352 g/mol. The number of benzene rings is 2. The molecule has 0 saturated heterocycles. The Morgan fingerprint density at radius 3 is 2.54 bits per heavy atom. The summed E-state index contributed by atoms with van der Waals surface area (Å²) in [6, 6.07) is 12.0. The maximum atomic E-state index is 12.5. The normalized spacial score (nSPS) is 10.8. The Kier molecular flexibility index (Phi) is 5.16. The van der Waals surface area contributed by atoms with E-state index in [2.05, 4.69) is 28.5 Å². The molecule has 3 rings (SSSR count). The molecule has 2 N–H and O–H groups in total. The topological polar surface area (TPSA) is 63.3 Å². The van der Waals surface area contributed by atoms with Gasteiger partial charge in [0.2, 0.25) is 0 Å². The van der Waals surface area contributed by atoms with Crippen molar-refractivity contribution in [1.29, 1.82) is 0 Å². The number of aromatic nitrogens is 1. The van der Waals surface area contributed by atoms with Gasteiger partial charge in [-0.3, -0.25) is 4.79 Å². The molecule has 0 spiro atoms. The minimum Gasteiger partial charge on any atom is -0.493 e. The van der Waals surface area contributed by atoms with Crippen molar-refractivity contribution in [3.8, 4) is 11.5 Å². The molecule has 1 aromatic heterocycles. The number of hydrogen-bond donors (Lipinski definition) is 2. The Morgan fingerprint density at radius 2 is 1.81 bits per heavy atom. The van der Waals surface area contributed by atoms with Gasteiger partial charge < -0.3 is 19.8 Å². The maximum Gasteiger partial charge on any atom is 0.268 e. The second kappa shape index (κ2) is 7.52. The summed E-state index contributed by atoms with van der Waals surface area (Å²) in [6.45, 7) is 4.55. The lowest BCUT2D eigenvalue weighted by Crippen LogP contribution is -2.26. The molecule has 0 bridgehead atoms. The summed E-state index contributed by atoms with van der Waals surface area (Å²) in [6.07, 6.45) is 0.713. The van der Waals surface area contributed by atoms with Crippen molar-refractivity contribution in [3.05, 3.63) is 58.8 Å². The third kappa shape index (κ3) is 3.52. The standard InChI is InChI=1S/C21H24N2O3/c1-13-5-7-16-14(2)20(23-17(16)11-13)21(24)22-10-9-15-6-8-18(25-3)19(12-15)26-4/h5-8,11-12,23H,9-10H2,1-4H3,(H,22,24). The van der Waals surface area contributed by atoms with Gasteiger partial charge in [-0.1, -0.05) is 18.2 Å². The smallest absolute Gasteiger partial charge is 0.268 e. The van der Waals surface area contributed by atoms with E-state index in [4.69, 9.17) is 9.47 Å². The first-order valence-electron chi connectivity index (χ1n) is 8.61. The van der Waals surface area contributed by atoms with Gasteiger partial charge in [0, 0.05) is 17.4 Å². The van der Waals surface area contributed by atoms with Crippen LogP contribution in [0.3, 0.4) is 0 Å². The minimum absolute atomic E-state index is 0.0863. The lowest BCUT2D eigenvalue weighted by Gasteiger charge is -2.10. The molecular weight excluding hydrogens is 328 g/mol. The van der Waals surface area contributed by atoms with Gasteiger partial charge in [0.05, 0.1) is 14.2 Å². The molecule has 0 unspecified atom stereocenters. The first-order chi connectivity index (χ1) is 12.5. The Hall–Kier alpha value is -2.95. The molecule has 0 aliphatic rings. The number of methoxy groups -OCH3 is 2. The fourth-order valence-electron chi connectivity index (χ4n) is 3.12. The molecule has 0 aliphatic carbocycles. The van der Waals surface area contributed by atoms with Crippen LogP contribution >= 0.6 is 0 Å². The van der Waals surface area contributed by atoms with Gasteiger partial charge in [-0.2, -0.15) is 0 Å². The number of fused-ring (bicyclic) bond motifs is 1. The van der Waals surface area contributed by atoms with E-state index < -0.39 is 0 Å². The van der Waals surface area contributed by atoms with E-state index >= 15 is 0 Å². The highest BCUT2D eigenvalue weighted by molar-refractivity contribution is 6.00. The lowest BCUT2D eigenvalue weighted by atomic mass is 10.1. The van der Waals surface area contributed by atoms with Crippen molar-refractivity contribution in [2.24, 2.45) is 0 Å². The maximum absolute atomic E-state index is 12.5. The molecule has 136 valence electrons. The van der Waals surface area contributed by atoms with E-state index in [1.165, 1.54) is 5.56 Å². The number of ether oxygens (including phenoxy) is 2. The van der Waals surface area contributed by atoms with Gasteiger partial charge in [-0.25, -0.2) is 0 Å². The van der Waals surface area contributed by atoms with Crippen LogP contribution in [-0.2, 0) is 6.42 Å². The molecule has 0 atom stereocenters. The fraction of sp³-hybridized carbons (Fsp3) is 0.286. The van der Waals surface area contributed by atoms with Crippen LogP contribution in [-0.4, -0.2) is 31.7 Å². The number of carbonyl (C=O) groups is 1. The third-order valence-corrected chi connectivity index (χ3v) is 4.59. The predicted octanol–water partition coefficient (Wildman–Crippen LogP) is 3.77. The summed E-state index contributed by atoms with van der Waals surface area (Å²) in [7, 11) is 3.23. The van der Waals surface area contributed by atoms with Crippen LogP contribution in [0, 0.1) is 13.8 Å². The van der Waals surface area contributed by atoms with Crippen LogP contribution in [0.5, 0.6) is 11.5 Å². The Balaban J connectivity index is 1.67. The van der Waals surface area contributed by atoms with Gasteiger partial charge in [-0.05, 0) is 55.2 Å². The SMILES string of the molecule is COc1ccc(CCNC(=O)c2[nH]c3cc(C)ccc3c2C)cc1OC. The van der Waals surface area contributed by atoms with Crippen molar-refractivity contribution in [2.75, 3.05) is 20.8 Å². The zero-order chi connectivity index (χ0) is 18.7. The Bertz CT molecular complexity index is 944. The molecule has 1 heterocycles. The van der Waals surface area contributed by atoms with Crippen molar-refractivity contribution in [1.82, 2.24) is 10.3 Å². The van der Waals surface area contributed by atoms with Gasteiger partial charge in [0.15, 0.2) is 11.5 Å². The summed E-state index contributed by atoms with van der Waals surface area (Å²) in [5.74, 6) is 1.30. The van der Waals surface area contributed by atoms with Gasteiger partial charge >= 0.3 is 0 Å². The van der Waals surface area contributed by atoms with Crippen LogP contribution in [0.15, 0.2) is 36.4 Å². The number of H-pyrrole nitrogens is 1. The molecule has 1 amide bonds. The monoisotopic (exact) mass is 352 g/mol. The van der Waals surface area contributed by atoms with Crippen molar-refractivity contribution in [3.63, 3.8) is 0 Å². The highest BCUT2D eigenvalue weighted by Gasteiger charge is 2.14. The zero-order valence-electron chi connectivity index (χ0n) is 15.6. The summed E-state index contributed by atoms with van der Waals surface area (Å²) in [5.41, 5.74) is 4.83. The van der Waals surface area contributed by atoms with Crippen LogP contribution < -0.4 is 14.8 Å². The number of rotatable bonds is 6. The van der Waals surface area contributed by atoms with E-state index in [-0.39, 0.29) is 5.91 Å². The molecule has 0 fully saturated rings.